The first-order valence-electron chi connectivity index (χ1n) is 8.17. The van der Waals surface area contributed by atoms with E-state index in [1.54, 1.807) is 15.7 Å². The van der Waals surface area contributed by atoms with E-state index in [1.165, 1.54) is 6.33 Å². The Kier molecular flexibility index (Phi) is 3.87. The molecule has 0 N–H and O–H groups in total. The summed E-state index contributed by atoms with van der Waals surface area (Å²) in [7, 11) is -3.01. The molecule has 0 aliphatic carbocycles. The minimum Gasteiger partial charge on any atom is -0.241 e. The van der Waals surface area contributed by atoms with Gasteiger partial charge in [-0.25, -0.2) is 27.7 Å². The maximum absolute atomic E-state index is 11.9. The van der Waals surface area contributed by atoms with Gasteiger partial charge < -0.3 is 0 Å². The first-order chi connectivity index (χ1) is 12.1. The van der Waals surface area contributed by atoms with E-state index in [0.717, 1.165) is 11.3 Å². The summed E-state index contributed by atoms with van der Waals surface area (Å²) in [5.74, 6) is 1.68. The predicted octanol–water partition coefficient (Wildman–Crippen LogP) is 1.45. The van der Waals surface area contributed by atoms with E-state index in [9.17, 15) is 8.42 Å². The summed E-state index contributed by atoms with van der Waals surface area (Å²) in [5, 5.41) is 8.77. The van der Waals surface area contributed by atoms with Gasteiger partial charge in [-0.05, 0) is 18.6 Å². The van der Waals surface area contributed by atoms with Gasteiger partial charge in [-0.2, -0.15) is 10.2 Å². The summed E-state index contributed by atoms with van der Waals surface area (Å²) in [6.45, 7) is 1.98. The third-order valence-electron chi connectivity index (χ3n) is 4.36. The molecular weight excluding hydrogens is 340 g/mol. The molecule has 8 nitrogen and oxygen atoms in total. The second-order valence-electron chi connectivity index (χ2n) is 6.06. The molecule has 1 atom stereocenters. The molecule has 0 radical (unpaired) electrons. The molecule has 9 heteroatoms. The Morgan fingerprint density at radius 3 is 2.80 bits per heavy atom. The second kappa shape index (κ2) is 6.07. The highest BCUT2D eigenvalue weighted by atomic mass is 32.2. The molecule has 3 aromatic rings. The van der Waals surface area contributed by atoms with Gasteiger partial charge in [0.15, 0.2) is 21.5 Å². The third kappa shape index (κ3) is 2.95. The Balaban J connectivity index is 1.86. The van der Waals surface area contributed by atoms with E-state index in [1.807, 2.05) is 31.2 Å². The van der Waals surface area contributed by atoms with Crippen molar-refractivity contribution in [2.75, 3.05) is 11.5 Å². The van der Waals surface area contributed by atoms with Crippen LogP contribution in [0, 0.1) is 0 Å². The van der Waals surface area contributed by atoms with Crippen LogP contribution in [0.15, 0.2) is 36.9 Å². The van der Waals surface area contributed by atoms with Gasteiger partial charge in [0.25, 0.3) is 0 Å². The van der Waals surface area contributed by atoms with Crippen molar-refractivity contribution in [2.45, 2.75) is 25.8 Å². The Morgan fingerprint density at radius 1 is 1.28 bits per heavy atom. The van der Waals surface area contributed by atoms with E-state index >= 15 is 0 Å². The number of benzene rings is 1. The molecule has 0 amide bonds. The zero-order valence-corrected chi connectivity index (χ0v) is 14.6. The van der Waals surface area contributed by atoms with Crippen molar-refractivity contribution in [2.24, 2.45) is 0 Å². The topological polar surface area (TPSA) is 95.6 Å². The van der Waals surface area contributed by atoms with Crippen LogP contribution in [0.25, 0.3) is 17.1 Å². The molecule has 4 rings (SSSR count). The first-order valence-corrected chi connectivity index (χ1v) is 10.00. The van der Waals surface area contributed by atoms with Gasteiger partial charge in [-0.1, -0.05) is 19.1 Å². The molecule has 1 fully saturated rings. The van der Waals surface area contributed by atoms with E-state index < -0.39 is 9.84 Å². The molecule has 25 heavy (non-hydrogen) atoms. The van der Waals surface area contributed by atoms with Gasteiger partial charge in [0.1, 0.15) is 12.7 Å². The molecule has 0 bridgehead atoms. The normalized spacial score (nSPS) is 19.3. The van der Waals surface area contributed by atoms with Crippen molar-refractivity contribution in [1.82, 2.24) is 29.5 Å². The van der Waals surface area contributed by atoms with E-state index in [2.05, 4.69) is 20.2 Å². The molecule has 2 aromatic heterocycles. The van der Waals surface area contributed by atoms with Crippen molar-refractivity contribution in [3.8, 4) is 17.1 Å². The molecule has 130 valence electrons. The second-order valence-corrected chi connectivity index (χ2v) is 8.29. The standard InChI is InChI=1S/C16H18N6O2S/c1-2-15-19-16(22(20-15)12-7-8-25(23,24)9-12)13-5-3-4-6-14(13)21-11-17-10-18-21/h3-6,10-12H,2,7-9H2,1H3. The van der Waals surface area contributed by atoms with Crippen molar-refractivity contribution in [1.29, 1.82) is 0 Å². The van der Waals surface area contributed by atoms with Crippen LogP contribution < -0.4 is 0 Å². The molecule has 1 saturated heterocycles. The highest BCUT2D eigenvalue weighted by Gasteiger charge is 2.32. The number of rotatable bonds is 4. The van der Waals surface area contributed by atoms with Gasteiger partial charge in [0.05, 0.1) is 23.2 Å². The van der Waals surface area contributed by atoms with E-state index in [0.29, 0.717) is 24.5 Å². The SMILES string of the molecule is CCc1nc(-c2ccccc2-n2cncn2)n(C2CCS(=O)(=O)C2)n1. The van der Waals surface area contributed by atoms with Crippen molar-refractivity contribution in [3.63, 3.8) is 0 Å². The highest BCUT2D eigenvalue weighted by molar-refractivity contribution is 7.91. The van der Waals surface area contributed by atoms with Crippen LogP contribution in [-0.2, 0) is 16.3 Å². The van der Waals surface area contributed by atoms with Crippen molar-refractivity contribution < 1.29 is 8.42 Å². The summed E-state index contributed by atoms with van der Waals surface area (Å²) in [4.78, 5) is 8.66. The van der Waals surface area contributed by atoms with Crippen molar-refractivity contribution in [3.05, 3.63) is 42.7 Å². The molecule has 0 saturated carbocycles. The molecular formula is C16H18N6O2S. The zero-order chi connectivity index (χ0) is 17.4. The number of aryl methyl sites for hydroxylation is 1. The fraction of sp³-hybridized carbons (Fsp3) is 0.375. The highest BCUT2D eigenvalue weighted by Crippen LogP contribution is 2.31. The van der Waals surface area contributed by atoms with Crippen LogP contribution >= 0.6 is 0 Å². The molecule has 0 spiro atoms. The average Bonchev–Trinajstić information content (AvgIpc) is 3.33. The Morgan fingerprint density at radius 2 is 2.12 bits per heavy atom. The lowest BCUT2D eigenvalue weighted by Crippen LogP contribution is -2.14. The number of aromatic nitrogens is 6. The number of para-hydroxylation sites is 1. The van der Waals surface area contributed by atoms with Crippen molar-refractivity contribution >= 4 is 9.84 Å². The van der Waals surface area contributed by atoms with Gasteiger partial charge in [0.2, 0.25) is 0 Å². The van der Waals surface area contributed by atoms with Crippen LogP contribution in [0.5, 0.6) is 0 Å². The summed E-state index contributed by atoms with van der Waals surface area (Å²) in [5.41, 5.74) is 1.68. The summed E-state index contributed by atoms with van der Waals surface area (Å²) in [6, 6.07) is 7.53. The minimum absolute atomic E-state index is 0.109. The average molecular weight is 358 g/mol. The van der Waals surface area contributed by atoms with Gasteiger partial charge >= 0.3 is 0 Å². The fourth-order valence-electron chi connectivity index (χ4n) is 3.12. The summed E-state index contributed by atoms with van der Waals surface area (Å²) in [6.07, 6.45) is 4.35. The molecule has 1 unspecified atom stereocenters. The monoisotopic (exact) mass is 358 g/mol. The van der Waals surface area contributed by atoms with Crippen LogP contribution in [0.2, 0.25) is 0 Å². The van der Waals surface area contributed by atoms with Crippen LogP contribution in [0.4, 0.5) is 0 Å². The molecule has 1 aliphatic heterocycles. The van der Waals surface area contributed by atoms with E-state index in [-0.39, 0.29) is 17.5 Å². The summed E-state index contributed by atoms with van der Waals surface area (Å²) >= 11 is 0. The third-order valence-corrected chi connectivity index (χ3v) is 6.11. The quantitative estimate of drug-likeness (QED) is 0.700. The fourth-order valence-corrected chi connectivity index (χ4v) is 4.81. The molecule has 1 aliphatic rings. The van der Waals surface area contributed by atoms with Gasteiger partial charge in [-0.3, -0.25) is 0 Å². The van der Waals surface area contributed by atoms with E-state index in [4.69, 9.17) is 0 Å². The lowest BCUT2D eigenvalue weighted by molar-refractivity contribution is 0.500. The smallest absolute Gasteiger partial charge is 0.160 e. The number of hydrogen-bond donors (Lipinski definition) is 0. The zero-order valence-electron chi connectivity index (χ0n) is 13.8. The van der Waals surface area contributed by atoms with Crippen LogP contribution in [0.1, 0.15) is 25.2 Å². The maximum atomic E-state index is 11.9. The lowest BCUT2D eigenvalue weighted by atomic mass is 10.1. The van der Waals surface area contributed by atoms with Gasteiger partial charge in [0, 0.05) is 12.0 Å². The first kappa shape index (κ1) is 15.9. The van der Waals surface area contributed by atoms with Crippen LogP contribution in [-0.4, -0.2) is 49.5 Å². The maximum Gasteiger partial charge on any atom is 0.160 e. The predicted molar refractivity (Wildman–Crippen MR) is 92.1 cm³/mol. The lowest BCUT2D eigenvalue weighted by Gasteiger charge is -2.14. The number of hydrogen-bond acceptors (Lipinski definition) is 6. The largest absolute Gasteiger partial charge is 0.241 e. The summed E-state index contributed by atoms with van der Waals surface area (Å²) < 4.78 is 27.3. The molecule has 3 heterocycles. The minimum atomic E-state index is -3.01. The van der Waals surface area contributed by atoms with Gasteiger partial charge in [-0.15, -0.1) is 0 Å². The van der Waals surface area contributed by atoms with Crippen LogP contribution in [0.3, 0.4) is 0 Å². The number of nitrogens with zero attached hydrogens (tertiary/aromatic N) is 6. The molecule has 1 aromatic carbocycles. The Labute approximate surface area is 145 Å². The number of sulfone groups is 1. The Hall–Kier alpha value is -2.55. The Bertz CT molecular complexity index is 994.